The van der Waals surface area contributed by atoms with Gasteiger partial charge in [-0.3, -0.25) is 9.59 Å². The lowest BCUT2D eigenvalue weighted by molar-refractivity contribution is -0.127. The van der Waals surface area contributed by atoms with Crippen molar-refractivity contribution in [2.45, 2.75) is 32.7 Å². The molecule has 1 aliphatic rings. The Morgan fingerprint density at radius 1 is 1.50 bits per heavy atom. The maximum Gasteiger partial charge on any atom is 0.251 e. The maximum absolute atomic E-state index is 12.2. The summed E-state index contributed by atoms with van der Waals surface area (Å²) in [7, 11) is 0. The van der Waals surface area contributed by atoms with E-state index in [9.17, 15) is 9.59 Å². The minimum atomic E-state index is -0.0945. The fourth-order valence-corrected chi connectivity index (χ4v) is 2.79. The third-order valence-electron chi connectivity index (χ3n) is 3.56. The Kier molecular flexibility index (Phi) is 4.81. The van der Waals surface area contributed by atoms with Crippen LogP contribution in [0, 0.1) is 6.92 Å². The van der Waals surface area contributed by atoms with Crippen LogP contribution in [0.15, 0.2) is 22.7 Å². The smallest absolute Gasteiger partial charge is 0.251 e. The number of nitrogens with zero attached hydrogens (tertiary/aromatic N) is 1. The Balaban J connectivity index is 1.97. The summed E-state index contributed by atoms with van der Waals surface area (Å²) in [6.45, 7) is 5.22. The van der Waals surface area contributed by atoms with E-state index < -0.39 is 0 Å². The van der Waals surface area contributed by atoms with Gasteiger partial charge in [-0.1, -0.05) is 22.0 Å². The molecule has 108 valence electrons. The van der Waals surface area contributed by atoms with E-state index in [4.69, 9.17) is 0 Å². The van der Waals surface area contributed by atoms with Crippen LogP contribution in [0.2, 0.25) is 0 Å². The zero-order chi connectivity index (χ0) is 14.7. The molecule has 1 aromatic carbocycles. The largest absolute Gasteiger partial charge is 0.348 e. The highest BCUT2D eigenvalue weighted by Gasteiger charge is 2.22. The molecule has 20 heavy (non-hydrogen) atoms. The number of nitrogens with one attached hydrogen (secondary N) is 1. The van der Waals surface area contributed by atoms with E-state index >= 15 is 0 Å². The number of halogens is 1. The van der Waals surface area contributed by atoms with Crippen LogP contribution >= 0.6 is 15.9 Å². The normalized spacial score (nSPS) is 16.4. The van der Waals surface area contributed by atoms with E-state index in [0.717, 1.165) is 23.0 Å². The van der Waals surface area contributed by atoms with Gasteiger partial charge in [-0.05, 0) is 38.0 Å². The average Bonchev–Trinajstić information content (AvgIpc) is 2.78. The van der Waals surface area contributed by atoms with Crippen LogP contribution in [-0.2, 0) is 4.79 Å². The van der Waals surface area contributed by atoms with Gasteiger partial charge >= 0.3 is 0 Å². The lowest BCUT2D eigenvalue weighted by Crippen LogP contribution is -2.42. The molecule has 2 rings (SSSR count). The molecule has 5 heteroatoms. The van der Waals surface area contributed by atoms with Gasteiger partial charge in [0.2, 0.25) is 5.91 Å². The van der Waals surface area contributed by atoms with Crippen LogP contribution in [0.4, 0.5) is 0 Å². The van der Waals surface area contributed by atoms with Gasteiger partial charge in [0, 0.05) is 35.6 Å². The third kappa shape index (κ3) is 3.39. The summed E-state index contributed by atoms with van der Waals surface area (Å²) in [5.74, 6) is 0.0904. The molecular formula is C15H19BrN2O2. The molecule has 1 aromatic rings. The molecule has 1 N–H and O–H groups in total. The summed E-state index contributed by atoms with van der Waals surface area (Å²) in [5, 5.41) is 2.96. The SMILES string of the molecule is Cc1c(Br)cccc1C(=O)N[C@H](C)CN1CCCC1=O. The first-order valence-corrected chi connectivity index (χ1v) is 7.62. The number of amides is 2. The molecule has 1 saturated heterocycles. The first-order chi connectivity index (χ1) is 9.49. The van der Waals surface area contributed by atoms with E-state index in [1.165, 1.54) is 0 Å². The summed E-state index contributed by atoms with van der Waals surface area (Å²) in [5.41, 5.74) is 1.59. The molecule has 1 aliphatic heterocycles. The third-order valence-corrected chi connectivity index (χ3v) is 4.41. The van der Waals surface area contributed by atoms with Gasteiger partial charge in [0.05, 0.1) is 0 Å². The van der Waals surface area contributed by atoms with Crippen molar-refractivity contribution < 1.29 is 9.59 Å². The zero-order valence-electron chi connectivity index (χ0n) is 11.8. The Labute approximate surface area is 127 Å². The van der Waals surface area contributed by atoms with Crippen molar-refractivity contribution in [1.29, 1.82) is 0 Å². The van der Waals surface area contributed by atoms with Crippen molar-refractivity contribution in [3.8, 4) is 0 Å². The fraction of sp³-hybridized carbons (Fsp3) is 0.467. The van der Waals surface area contributed by atoms with Gasteiger partial charge in [0.25, 0.3) is 5.91 Å². The monoisotopic (exact) mass is 338 g/mol. The number of carbonyl (C=O) groups excluding carboxylic acids is 2. The second-order valence-electron chi connectivity index (χ2n) is 5.23. The average molecular weight is 339 g/mol. The molecule has 0 saturated carbocycles. The van der Waals surface area contributed by atoms with Crippen molar-refractivity contribution in [2.75, 3.05) is 13.1 Å². The van der Waals surface area contributed by atoms with Crippen molar-refractivity contribution >= 4 is 27.7 Å². The molecule has 0 radical (unpaired) electrons. The van der Waals surface area contributed by atoms with Gasteiger partial charge in [0.15, 0.2) is 0 Å². The van der Waals surface area contributed by atoms with Gasteiger partial charge in [-0.25, -0.2) is 0 Å². The zero-order valence-corrected chi connectivity index (χ0v) is 13.4. The van der Waals surface area contributed by atoms with Gasteiger partial charge < -0.3 is 10.2 Å². The van der Waals surface area contributed by atoms with Crippen molar-refractivity contribution in [2.24, 2.45) is 0 Å². The summed E-state index contributed by atoms with van der Waals surface area (Å²) in [6, 6.07) is 5.52. The number of hydrogen-bond acceptors (Lipinski definition) is 2. The standard InChI is InChI=1S/C15H19BrN2O2/c1-10(9-18-8-4-7-14(18)19)17-15(20)12-5-3-6-13(16)11(12)2/h3,5-6,10H,4,7-9H2,1-2H3,(H,17,20)/t10-/m1/s1. The summed E-state index contributed by atoms with van der Waals surface area (Å²) in [4.78, 5) is 25.6. The van der Waals surface area contributed by atoms with Crippen LogP contribution in [-0.4, -0.2) is 35.8 Å². The Hall–Kier alpha value is -1.36. The molecule has 0 unspecified atom stereocenters. The minimum Gasteiger partial charge on any atom is -0.348 e. The topological polar surface area (TPSA) is 49.4 Å². The number of carbonyl (C=O) groups is 2. The number of rotatable bonds is 4. The highest BCUT2D eigenvalue weighted by atomic mass is 79.9. The van der Waals surface area contributed by atoms with Crippen molar-refractivity contribution in [3.63, 3.8) is 0 Å². The molecule has 2 amide bonds. The molecule has 0 aromatic heterocycles. The predicted octanol–water partition coefficient (Wildman–Crippen LogP) is 2.50. The summed E-state index contributed by atoms with van der Waals surface area (Å²) in [6.07, 6.45) is 1.55. The van der Waals surface area contributed by atoms with Crippen molar-refractivity contribution in [1.82, 2.24) is 10.2 Å². The lowest BCUT2D eigenvalue weighted by atomic mass is 10.1. The Morgan fingerprint density at radius 2 is 2.25 bits per heavy atom. The fourth-order valence-electron chi connectivity index (χ4n) is 2.43. The second kappa shape index (κ2) is 6.39. The highest BCUT2D eigenvalue weighted by molar-refractivity contribution is 9.10. The van der Waals surface area contributed by atoms with Gasteiger partial charge in [0.1, 0.15) is 0 Å². The molecule has 0 spiro atoms. The summed E-state index contributed by atoms with van der Waals surface area (Å²) >= 11 is 3.43. The van der Waals surface area contributed by atoms with E-state index in [0.29, 0.717) is 18.5 Å². The van der Waals surface area contributed by atoms with Crippen molar-refractivity contribution in [3.05, 3.63) is 33.8 Å². The quantitative estimate of drug-likeness (QED) is 0.916. The first kappa shape index (κ1) is 15.0. The molecule has 1 heterocycles. The Bertz CT molecular complexity index is 531. The molecular weight excluding hydrogens is 320 g/mol. The first-order valence-electron chi connectivity index (χ1n) is 6.83. The van der Waals surface area contributed by atoms with E-state index in [1.54, 1.807) is 0 Å². The van der Waals surface area contributed by atoms with Gasteiger partial charge in [-0.15, -0.1) is 0 Å². The molecule has 4 nitrogen and oxygen atoms in total. The van der Waals surface area contributed by atoms with E-state index in [2.05, 4.69) is 21.2 Å². The van der Waals surface area contributed by atoms with Crippen LogP contribution < -0.4 is 5.32 Å². The highest BCUT2D eigenvalue weighted by Crippen LogP contribution is 2.19. The predicted molar refractivity (Wildman–Crippen MR) is 81.6 cm³/mol. The van der Waals surface area contributed by atoms with E-state index in [-0.39, 0.29) is 17.9 Å². The lowest BCUT2D eigenvalue weighted by Gasteiger charge is -2.22. The van der Waals surface area contributed by atoms with Gasteiger partial charge in [-0.2, -0.15) is 0 Å². The summed E-state index contributed by atoms with van der Waals surface area (Å²) < 4.78 is 0.924. The number of benzene rings is 1. The van der Waals surface area contributed by atoms with Crippen LogP contribution in [0.1, 0.15) is 35.7 Å². The van der Waals surface area contributed by atoms with Crippen LogP contribution in [0.25, 0.3) is 0 Å². The number of hydrogen-bond donors (Lipinski definition) is 1. The second-order valence-corrected chi connectivity index (χ2v) is 6.08. The maximum atomic E-state index is 12.2. The molecule has 1 fully saturated rings. The number of likely N-dealkylation sites (tertiary alicyclic amines) is 1. The Morgan fingerprint density at radius 3 is 2.90 bits per heavy atom. The molecule has 0 aliphatic carbocycles. The molecule has 0 bridgehead atoms. The minimum absolute atomic E-state index is 0.0528. The molecule has 1 atom stereocenters. The van der Waals surface area contributed by atoms with Crippen LogP contribution in [0.5, 0.6) is 0 Å². The van der Waals surface area contributed by atoms with E-state index in [1.807, 2.05) is 36.9 Å². The van der Waals surface area contributed by atoms with Crippen LogP contribution in [0.3, 0.4) is 0 Å².